The maximum absolute atomic E-state index is 12.6. The Morgan fingerprint density at radius 1 is 1.15 bits per heavy atom. The summed E-state index contributed by atoms with van der Waals surface area (Å²) >= 11 is 0. The summed E-state index contributed by atoms with van der Waals surface area (Å²) in [6.45, 7) is 2.49. The third-order valence-corrected chi connectivity index (χ3v) is 5.39. The molecular weight excluding hydrogens is 344 g/mol. The molecule has 7 heteroatoms. The Balaban J connectivity index is 1.39. The van der Waals surface area contributed by atoms with Crippen molar-refractivity contribution in [2.24, 2.45) is 5.92 Å². The first kappa shape index (κ1) is 17.6. The Morgan fingerprint density at radius 2 is 1.93 bits per heavy atom. The monoisotopic (exact) mass is 368 g/mol. The molecule has 1 fully saturated rings. The smallest absolute Gasteiger partial charge is 0.251 e. The van der Waals surface area contributed by atoms with Crippen LogP contribution >= 0.6 is 0 Å². The normalized spacial score (nSPS) is 17.0. The van der Waals surface area contributed by atoms with Crippen LogP contribution in [0.3, 0.4) is 0 Å². The molecule has 0 bridgehead atoms. The molecule has 1 aliphatic carbocycles. The molecule has 1 aromatic heterocycles. The second kappa shape index (κ2) is 7.42. The minimum absolute atomic E-state index is 0.130. The molecule has 0 spiro atoms. The van der Waals surface area contributed by atoms with Crippen molar-refractivity contribution in [1.82, 2.24) is 20.0 Å². The van der Waals surface area contributed by atoms with Gasteiger partial charge >= 0.3 is 0 Å². The third kappa shape index (κ3) is 3.82. The summed E-state index contributed by atoms with van der Waals surface area (Å²) < 4.78 is 1.95. The Bertz CT molecular complexity index is 839. The summed E-state index contributed by atoms with van der Waals surface area (Å²) in [7, 11) is 0. The van der Waals surface area contributed by atoms with Crippen LogP contribution in [0, 0.1) is 5.92 Å². The molecule has 0 atom stereocenters. The summed E-state index contributed by atoms with van der Waals surface area (Å²) in [6.07, 6.45) is 4.09. The summed E-state index contributed by atoms with van der Waals surface area (Å²) in [5.74, 6) is 0.409. The molecule has 7 nitrogen and oxygen atoms in total. The van der Waals surface area contributed by atoms with E-state index in [0.29, 0.717) is 18.7 Å². The zero-order valence-corrected chi connectivity index (χ0v) is 15.2. The number of aryl methyl sites for hydroxylation is 1. The van der Waals surface area contributed by atoms with E-state index in [0.717, 1.165) is 50.2 Å². The van der Waals surface area contributed by atoms with Crippen LogP contribution in [0.1, 0.15) is 47.4 Å². The van der Waals surface area contributed by atoms with Crippen molar-refractivity contribution in [2.45, 2.75) is 45.3 Å². The molecule has 1 aliphatic heterocycles. The van der Waals surface area contributed by atoms with Crippen LogP contribution in [-0.2, 0) is 24.4 Å². The zero-order chi connectivity index (χ0) is 18.8. The number of aromatic hydroxyl groups is 1. The zero-order valence-electron chi connectivity index (χ0n) is 15.2. The van der Waals surface area contributed by atoms with E-state index in [4.69, 9.17) is 0 Å². The highest BCUT2D eigenvalue weighted by Crippen LogP contribution is 2.29. The summed E-state index contributed by atoms with van der Waals surface area (Å²) in [5.41, 5.74) is 2.30. The van der Waals surface area contributed by atoms with Gasteiger partial charge in [-0.25, -0.2) is 0 Å². The number of carbonyl (C=O) groups excluding carboxylic acids is 2. The number of aromatic nitrogens is 2. The SMILES string of the molecule is O=C(NCc1cc2n(n1)CCCN(C(=O)C1CCC1)C2)c1ccc(O)cc1. The standard InChI is InChI=1S/C20H24N4O3/c25-18-7-5-14(6-8-18)19(26)21-12-16-11-17-13-23(9-2-10-24(17)22-16)20(27)15-3-1-4-15/h5-8,11,15,25H,1-4,9-10,12-13H2,(H,21,26). The van der Waals surface area contributed by atoms with Crippen LogP contribution in [0.2, 0.25) is 0 Å². The number of carbonyl (C=O) groups is 2. The second-order valence-electron chi connectivity index (χ2n) is 7.32. The lowest BCUT2D eigenvalue weighted by atomic mass is 9.84. The minimum Gasteiger partial charge on any atom is -0.508 e. The fraction of sp³-hybridized carbons (Fsp3) is 0.450. The Morgan fingerprint density at radius 3 is 2.63 bits per heavy atom. The van der Waals surface area contributed by atoms with E-state index >= 15 is 0 Å². The van der Waals surface area contributed by atoms with Crippen LogP contribution in [0.4, 0.5) is 0 Å². The number of benzene rings is 1. The minimum atomic E-state index is -0.208. The van der Waals surface area contributed by atoms with Crippen molar-refractivity contribution in [3.05, 3.63) is 47.3 Å². The van der Waals surface area contributed by atoms with Gasteiger partial charge in [0.15, 0.2) is 0 Å². The highest BCUT2D eigenvalue weighted by Gasteiger charge is 2.30. The van der Waals surface area contributed by atoms with Crippen LogP contribution in [0.15, 0.2) is 30.3 Å². The van der Waals surface area contributed by atoms with E-state index in [2.05, 4.69) is 10.4 Å². The predicted molar refractivity (Wildman–Crippen MR) is 98.9 cm³/mol. The van der Waals surface area contributed by atoms with Gasteiger partial charge < -0.3 is 15.3 Å². The van der Waals surface area contributed by atoms with Gasteiger partial charge in [0.25, 0.3) is 5.91 Å². The fourth-order valence-corrected chi connectivity index (χ4v) is 3.60. The van der Waals surface area contributed by atoms with E-state index in [1.807, 2.05) is 15.6 Å². The maximum Gasteiger partial charge on any atom is 0.251 e. The Labute approximate surface area is 158 Å². The molecule has 2 aromatic rings. The number of fused-ring (bicyclic) bond motifs is 1. The van der Waals surface area contributed by atoms with E-state index in [9.17, 15) is 14.7 Å². The molecule has 0 unspecified atom stereocenters. The number of hydrogen-bond acceptors (Lipinski definition) is 4. The summed E-state index contributed by atoms with van der Waals surface area (Å²) in [4.78, 5) is 26.7. The van der Waals surface area contributed by atoms with Crippen molar-refractivity contribution < 1.29 is 14.7 Å². The highest BCUT2D eigenvalue weighted by atomic mass is 16.3. The largest absolute Gasteiger partial charge is 0.508 e. The first-order chi connectivity index (χ1) is 13.1. The summed E-state index contributed by atoms with van der Waals surface area (Å²) in [5, 5.41) is 16.7. The van der Waals surface area contributed by atoms with E-state index < -0.39 is 0 Å². The predicted octanol–water partition coefficient (Wildman–Crippen LogP) is 2.05. The average molecular weight is 368 g/mol. The van der Waals surface area contributed by atoms with Gasteiger partial charge in [-0.2, -0.15) is 5.10 Å². The number of nitrogens with zero attached hydrogens (tertiary/aromatic N) is 3. The number of hydrogen-bond donors (Lipinski definition) is 2. The number of nitrogens with one attached hydrogen (secondary N) is 1. The van der Waals surface area contributed by atoms with Crippen LogP contribution in [0.5, 0.6) is 5.75 Å². The molecule has 2 amide bonds. The molecule has 2 heterocycles. The Hall–Kier alpha value is -2.83. The first-order valence-corrected chi connectivity index (χ1v) is 9.52. The number of rotatable bonds is 4. The van der Waals surface area contributed by atoms with Gasteiger partial charge in [-0.3, -0.25) is 14.3 Å². The van der Waals surface area contributed by atoms with Gasteiger partial charge in [-0.1, -0.05) is 6.42 Å². The van der Waals surface area contributed by atoms with Crippen molar-refractivity contribution >= 4 is 11.8 Å². The van der Waals surface area contributed by atoms with Crippen molar-refractivity contribution in [3.8, 4) is 5.75 Å². The molecule has 0 saturated heterocycles. The van der Waals surface area contributed by atoms with Gasteiger partial charge in [-0.05, 0) is 49.6 Å². The van der Waals surface area contributed by atoms with Crippen LogP contribution < -0.4 is 5.32 Å². The molecule has 4 rings (SSSR count). The van der Waals surface area contributed by atoms with Gasteiger partial charge in [0.05, 0.1) is 24.5 Å². The second-order valence-corrected chi connectivity index (χ2v) is 7.32. The number of phenols is 1. The van der Waals surface area contributed by atoms with E-state index in [1.54, 1.807) is 12.1 Å². The van der Waals surface area contributed by atoms with E-state index in [1.165, 1.54) is 12.1 Å². The number of phenolic OH excluding ortho intramolecular Hbond substituents is 1. The first-order valence-electron chi connectivity index (χ1n) is 9.52. The quantitative estimate of drug-likeness (QED) is 0.865. The molecule has 1 saturated carbocycles. The molecule has 2 N–H and O–H groups in total. The van der Waals surface area contributed by atoms with Crippen LogP contribution in [0.25, 0.3) is 0 Å². The summed E-state index contributed by atoms with van der Waals surface area (Å²) in [6, 6.07) is 8.11. The van der Waals surface area contributed by atoms with Crippen molar-refractivity contribution in [3.63, 3.8) is 0 Å². The molecule has 0 radical (unpaired) electrons. The highest BCUT2D eigenvalue weighted by molar-refractivity contribution is 5.94. The average Bonchev–Trinajstić information content (AvgIpc) is 2.89. The molecule has 142 valence electrons. The molecule has 2 aliphatic rings. The lowest BCUT2D eigenvalue weighted by Gasteiger charge is -2.30. The van der Waals surface area contributed by atoms with Gasteiger partial charge in [0.2, 0.25) is 5.91 Å². The van der Waals surface area contributed by atoms with Crippen LogP contribution in [-0.4, -0.2) is 38.1 Å². The topological polar surface area (TPSA) is 87.5 Å². The van der Waals surface area contributed by atoms with Crippen molar-refractivity contribution in [2.75, 3.05) is 6.54 Å². The lowest BCUT2D eigenvalue weighted by molar-refractivity contribution is -0.138. The van der Waals surface area contributed by atoms with E-state index in [-0.39, 0.29) is 23.5 Å². The van der Waals surface area contributed by atoms with Gasteiger partial charge in [0, 0.05) is 24.6 Å². The lowest BCUT2D eigenvalue weighted by Crippen LogP contribution is -2.38. The van der Waals surface area contributed by atoms with Gasteiger partial charge in [0.1, 0.15) is 5.75 Å². The van der Waals surface area contributed by atoms with Crippen molar-refractivity contribution in [1.29, 1.82) is 0 Å². The van der Waals surface area contributed by atoms with Gasteiger partial charge in [-0.15, -0.1) is 0 Å². The molecular formula is C20H24N4O3. The third-order valence-electron chi connectivity index (χ3n) is 5.39. The molecule has 27 heavy (non-hydrogen) atoms. The maximum atomic E-state index is 12.6. The number of amides is 2. The fourth-order valence-electron chi connectivity index (χ4n) is 3.60. The Kier molecular flexibility index (Phi) is 4.83. The molecule has 1 aromatic carbocycles.